The summed E-state index contributed by atoms with van der Waals surface area (Å²) in [6, 6.07) is 13.6. The Bertz CT molecular complexity index is 793. The van der Waals surface area contributed by atoms with E-state index in [1.807, 2.05) is 42.5 Å². The number of rotatable bonds is 7. The topological polar surface area (TPSA) is 68.2 Å². The summed E-state index contributed by atoms with van der Waals surface area (Å²) in [4.78, 5) is 14.0. The maximum absolute atomic E-state index is 11.8. The van der Waals surface area contributed by atoms with Gasteiger partial charge in [-0.15, -0.1) is 0 Å². The van der Waals surface area contributed by atoms with Crippen molar-refractivity contribution in [1.82, 2.24) is 4.90 Å². The third-order valence-corrected chi connectivity index (χ3v) is 5.12. The summed E-state index contributed by atoms with van der Waals surface area (Å²) in [7, 11) is 4.75. The number of carboxylic acid groups (broad SMARTS) is 1. The Morgan fingerprint density at radius 3 is 2.30 bits per heavy atom. The molecule has 2 aromatic carbocycles. The molecule has 0 aliphatic carbocycles. The first-order valence-electron chi connectivity index (χ1n) is 8.87. The van der Waals surface area contributed by atoms with Crippen LogP contribution >= 0.6 is 0 Å². The largest absolute Gasteiger partial charge is 0.493 e. The molecule has 0 spiro atoms. The molecule has 2 atom stereocenters. The number of hydrogen-bond acceptors (Lipinski definition) is 5. The van der Waals surface area contributed by atoms with E-state index in [2.05, 4.69) is 4.90 Å². The van der Waals surface area contributed by atoms with E-state index in [-0.39, 0.29) is 5.92 Å². The second-order valence-corrected chi connectivity index (χ2v) is 6.65. The first kappa shape index (κ1) is 19.0. The van der Waals surface area contributed by atoms with Crippen molar-refractivity contribution in [1.29, 1.82) is 0 Å². The Balaban J connectivity index is 1.85. The zero-order chi connectivity index (χ0) is 19.4. The molecule has 144 valence electrons. The molecule has 3 rings (SSSR count). The molecule has 2 aromatic rings. The minimum Gasteiger partial charge on any atom is -0.493 e. The Kier molecular flexibility index (Phi) is 5.86. The Labute approximate surface area is 159 Å². The van der Waals surface area contributed by atoms with Crippen LogP contribution in [-0.4, -0.2) is 50.4 Å². The summed E-state index contributed by atoms with van der Waals surface area (Å²) in [6.07, 6.45) is 0. The van der Waals surface area contributed by atoms with Crippen molar-refractivity contribution >= 4 is 5.97 Å². The molecule has 1 aliphatic rings. The Morgan fingerprint density at radius 2 is 1.70 bits per heavy atom. The van der Waals surface area contributed by atoms with Crippen LogP contribution in [0.25, 0.3) is 0 Å². The van der Waals surface area contributed by atoms with E-state index < -0.39 is 11.9 Å². The van der Waals surface area contributed by atoms with Crippen molar-refractivity contribution in [3.05, 3.63) is 53.6 Å². The van der Waals surface area contributed by atoms with Crippen molar-refractivity contribution in [2.45, 2.75) is 12.5 Å². The molecule has 0 radical (unpaired) electrons. The van der Waals surface area contributed by atoms with Crippen LogP contribution in [0.15, 0.2) is 42.5 Å². The van der Waals surface area contributed by atoms with Crippen LogP contribution in [0.2, 0.25) is 0 Å². The maximum atomic E-state index is 11.8. The lowest BCUT2D eigenvalue weighted by molar-refractivity contribution is -0.141. The summed E-state index contributed by atoms with van der Waals surface area (Å²) in [5, 5.41) is 9.69. The van der Waals surface area contributed by atoms with E-state index in [0.29, 0.717) is 36.9 Å². The van der Waals surface area contributed by atoms with E-state index in [0.717, 1.165) is 11.1 Å². The molecule has 6 heteroatoms. The van der Waals surface area contributed by atoms with Crippen LogP contribution in [0.3, 0.4) is 0 Å². The van der Waals surface area contributed by atoms with E-state index in [9.17, 15) is 9.90 Å². The molecular formula is C21H25NO5. The van der Waals surface area contributed by atoms with Crippen LogP contribution in [0.5, 0.6) is 17.2 Å². The number of ether oxygens (including phenoxy) is 3. The summed E-state index contributed by atoms with van der Waals surface area (Å²) in [5.74, 6) is 0.544. The van der Waals surface area contributed by atoms with Gasteiger partial charge in [0.25, 0.3) is 0 Å². The van der Waals surface area contributed by atoms with E-state index in [4.69, 9.17) is 14.2 Å². The summed E-state index contributed by atoms with van der Waals surface area (Å²) < 4.78 is 16.3. The highest BCUT2D eigenvalue weighted by Gasteiger charge is 2.38. The number of carboxylic acids is 1. The number of aliphatic carboxylic acids is 1. The standard InChI is InChI=1S/C21H25NO5/c1-25-18-10-9-15(19(26-2)20(18)27-3)11-22-12-16(17(13-22)21(23)24)14-7-5-4-6-8-14/h4-10,16-17H,11-13H2,1-3H3,(H,23,24)/t16-,17+/m1/s1. The van der Waals surface area contributed by atoms with Crippen LogP contribution in [-0.2, 0) is 11.3 Å². The minimum atomic E-state index is -0.759. The van der Waals surface area contributed by atoms with Gasteiger partial charge in [0, 0.05) is 31.1 Å². The second-order valence-electron chi connectivity index (χ2n) is 6.65. The molecule has 1 fully saturated rings. The van der Waals surface area contributed by atoms with Gasteiger partial charge in [-0.3, -0.25) is 9.69 Å². The fourth-order valence-corrected chi connectivity index (χ4v) is 3.83. The lowest BCUT2D eigenvalue weighted by Crippen LogP contribution is -2.23. The number of carbonyl (C=O) groups is 1. The van der Waals surface area contributed by atoms with Gasteiger partial charge in [0.15, 0.2) is 11.5 Å². The number of benzene rings is 2. The summed E-state index contributed by atoms with van der Waals surface area (Å²) in [6.45, 7) is 1.75. The predicted molar refractivity (Wildman–Crippen MR) is 102 cm³/mol. The molecule has 1 N–H and O–H groups in total. The maximum Gasteiger partial charge on any atom is 0.308 e. The van der Waals surface area contributed by atoms with Crippen LogP contribution in [0.4, 0.5) is 0 Å². The first-order valence-corrected chi connectivity index (χ1v) is 8.87. The molecule has 1 saturated heterocycles. The first-order chi connectivity index (χ1) is 13.1. The molecule has 6 nitrogen and oxygen atoms in total. The molecule has 1 heterocycles. The Morgan fingerprint density at radius 1 is 1.00 bits per heavy atom. The number of nitrogens with zero attached hydrogens (tertiary/aromatic N) is 1. The van der Waals surface area contributed by atoms with Gasteiger partial charge in [-0.05, 0) is 11.6 Å². The lowest BCUT2D eigenvalue weighted by Gasteiger charge is -2.20. The van der Waals surface area contributed by atoms with Gasteiger partial charge in [0.1, 0.15) is 0 Å². The van der Waals surface area contributed by atoms with Gasteiger partial charge >= 0.3 is 5.97 Å². The van der Waals surface area contributed by atoms with Crippen molar-refractivity contribution in [3.63, 3.8) is 0 Å². The van der Waals surface area contributed by atoms with Crippen LogP contribution in [0, 0.1) is 5.92 Å². The highest BCUT2D eigenvalue weighted by atomic mass is 16.5. The normalized spacial score (nSPS) is 19.7. The third-order valence-electron chi connectivity index (χ3n) is 5.12. The molecular weight excluding hydrogens is 346 g/mol. The number of likely N-dealkylation sites (tertiary alicyclic amines) is 1. The number of methoxy groups -OCH3 is 3. The van der Waals surface area contributed by atoms with E-state index >= 15 is 0 Å². The highest BCUT2D eigenvalue weighted by molar-refractivity contribution is 5.72. The van der Waals surface area contributed by atoms with E-state index in [1.54, 1.807) is 21.3 Å². The van der Waals surface area contributed by atoms with E-state index in [1.165, 1.54) is 0 Å². The smallest absolute Gasteiger partial charge is 0.308 e. The molecule has 0 aromatic heterocycles. The summed E-state index contributed by atoms with van der Waals surface area (Å²) in [5.41, 5.74) is 2.00. The SMILES string of the molecule is COc1ccc(CN2C[C@H](C(=O)O)[C@@H](c3ccccc3)C2)c(OC)c1OC. The van der Waals surface area contributed by atoms with Crippen LogP contribution < -0.4 is 14.2 Å². The van der Waals surface area contributed by atoms with Gasteiger partial charge in [-0.2, -0.15) is 0 Å². The van der Waals surface area contributed by atoms with Crippen molar-refractivity contribution in [3.8, 4) is 17.2 Å². The zero-order valence-corrected chi connectivity index (χ0v) is 15.8. The highest BCUT2D eigenvalue weighted by Crippen LogP contribution is 2.41. The lowest BCUT2D eigenvalue weighted by atomic mass is 9.89. The average molecular weight is 371 g/mol. The summed E-state index contributed by atoms with van der Waals surface area (Å²) >= 11 is 0. The average Bonchev–Trinajstić information content (AvgIpc) is 3.12. The molecule has 0 bridgehead atoms. The predicted octanol–water partition coefficient (Wildman–Crippen LogP) is 3.01. The fraction of sp³-hybridized carbons (Fsp3) is 0.381. The zero-order valence-electron chi connectivity index (χ0n) is 15.8. The second kappa shape index (κ2) is 8.31. The quantitative estimate of drug-likeness (QED) is 0.807. The van der Waals surface area contributed by atoms with Crippen molar-refractivity contribution < 1.29 is 24.1 Å². The number of hydrogen-bond donors (Lipinski definition) is 1. The molecule has 0 amide bonds. The molecule has 0 unspecified atom stereocenters. The molecule has 27 heavy (non-hydrogen) atoms. The Hall–Kier alpha value is -2.73. The van der Waals surface area contributed by atoms with Gasteiger partial charge in [-0.25, -0.2) is 0 Å². The van der Waals surface area contributed by atoms with Gasteiger partial charge in [0.05, 0.1) is 27.2 Å². The van der Waals surface area contributed by atoms with Gasteiger partial charge in [-0.1, -0.05) is 36.4 Å². The third kappa shape index (κ3) is 3.85. The fourth-order valence-electron chi connectivity index (χ4n) is 3.83. The minimum absolute atomic E-state index is 0.0326. The van der Waals surface area contributed by atoms with Crippen LogP contribution in [0.1, 0.15) is 17.0 Å². The monoisotopic (exact) mass is 371 g/mol. The van der Waals surface area contributed by atoms with Gasteiger partial charge in [0.2, 0.25) is 5.75 Å². The van der Waals surface area contributed by atoms with Crippen molar-refractivity contribution in [2.75, 3.05) is 34.4 Å². The molecule has 1 aliphatic heterocycles. The van der Waals surface area contributed by atoms with Gasteiger partial charge < -0.3 is 19.3 Å². The van der Waals surface area contributed by atoms with Crippen molar-refractivity contribution in [2.24, 2.45) is 5.92 Å². The molecule has 0 saturated carbocycles.